The van der Waals surface area contributed by atoms with Crippen LogP contribution < -0.4 is 10.6 Å². The molecule has 0 spiro atoms. The molecule has 30 heavy (non-hydrogen) atoms. The third-order valence-corrected chi connectivity index (χ3v) is 5.05. The van der Waals surface area contributed by atoms with Gasteiger partial charge in [0.2, 0.25) is 5.91 Å². The minimum Gasteiger partial charge on any atom is -0.348 e. The van der Waals surface area contributed by atoms with Crippen LogP contribution >= 0.6 is 11.6 Å². The number of benzene rings is 2. The molecule has 2 amide bonds. The van der Waals surface area contributed by atoms with Gasteiger partial charge in [0.1, 0.15) is 5.15 Å². The van der Waals surface area contributed by atoms with E-state index in [9.17, 15) is 9.59 Å². The second kappa shape index (κ2) is 9.41. The highest BCUT2D eigenvalue weighted by Crippen LogP contribution is 2.20. The Morgan fingerprint density at radius 3 is 2.47 bits per heavy atom. The number of aryl methyl sites for hydroxylation is 3. The zero-order chi connectivity index (χ0) is 21.7. The van der Waals surface area contributed by atoms with Crippen LogP contribution in [0.25, 0.3) is 6.08 Å². The summed E-state index contributed by atoms with van der Waals surface area (Å²) in [6.07, 6.45) is 2.98. The molecule has 0 saturated carbocycles. The Kier molecular flexibility index (Phi) is 6.69. The fourth-order valence-corrected chi connectivity index (χ4v) is 3.18. The average Bonchev–Trinajstić information content (AvgIpc) is 2.97. The molecule has 154 valence electrons. The summed E-state index contributed by atoms with van der Waals surface area (Å²) in [7, 11) is 1.73. The summed E-state index contributed by atoms with van der Waals surface area (Å²) in [5.41, 5.74) is 4.39. The number of nitrogens with zero attached hydrogens (tertiary/aromatic N) is 2. The van der Waals surface area contributed by atoms with Crippen molar-refractivity contribution in [2.45, 2.75) is 20.4 Å². The average molecular weight is 423 g/mol. The van der Waals surface area contributed by atoms with E-state index >= 15 is 0 Å². The number of hydrogen-bond donors (Lipinski definition) is 2. The Balaban J connectivity index is 1.68. The molecule has 0 fully saturated rings. The first-order valence-electron chi connectivity index (χ1n) is 9.46. The number of nitrogens with one attached hydrogen (secondary N) is 2. The van der Waals surface area contributed by atoms with Crippen LogP contribution in [0.15, 0.2) is 54.6 Å². The number of amides is 2. The van der Waals surface area contributed by atoms with Crippen molar-refractivity contribution >= 4 is 35.2 Å². The SMILES string of the molecule is Cc1ccc(CNC(=O)c2ccccc2NC(=O)/C=C/c2c(C)nn(C)c2Cl)cc1. The zero-order valence-corrected chi connectivity index (χ0v) is 17.8. The molecule has 6 nitrogen and oxygen atoms in total. The Morgan fingerprint density at radius 2 is 1.80 bits per heavy atom. The highest BCUT2D eigenvalue weighted by molar-refractivity contribution is 6.31. The molecule has 0 aliphatic heterocycles. The second-order valence-electron chi connectivity index (χ2n) is 6.95. The molecule has 3 aromatic rings. The van der Waals surface area contributed by atoms with Crippen LogP contribution in [-0.4, -0.2) is 21.6 Å². The third kappa shape index (κ3) is 5.15. The predicted octanol–water partition coefficient (Wildman–Crippen LogP) is 4.27. The maximum Gasteiger partial charge on any atom is 0.253 e. The number of halogens is 1. The minimum atomic E-state index is -0.367. The van der Waals surface area contributed by atoms with E-state index in [0.29, 0.717) is 28.5 Å². The number of anilines is 1. The van der Waals surface area contributed by atoms with Gasteiger partial charge in [0.15, 0.2) is 0 Å². The smallest absolute Gasteiger partial charge is 0.253 e. The van der Waals surface area contributed by atoms with Crippen LogP contribution in [0.2, 0.25) is 5.15 Å². The molecular weight excluding hydrogens is 400 g/mol. The van der Waals surface area contributed by atoms with Gasteiger partial charge in [0.25, 0.3) is 5.91 Å². The van der Waals surface area contributed by atoms with E-state index in [1.165, 1.54) is 6.08 Å². The molecule has 0 bridgehead atoms. The van der Waals surface area contributed by atoms with Gasteiger partial charge < -0.3 is 10.6 Å². The molecule has 0 radical (unpaired) electrons. The van der Waals surface area contributed by atoms with E-state index in [-0.39, 0.29) is 11.8 Å². The van der Waals surface area contributed by atoms with Crippen molar-refractivity contribution < 1.29 is 9.59 Å². The summed E-state index contributed by atoms with van der Waals surface area (Å²) in [6, 6.07) is 14.8. The maximum absolute atomic E-state index is 12.6. The highest BCUT2D eigenvalue weighted by atomic mass is 35.5. The normalized spacial score (nSPS) is 10.9. The monoisotopic (exact) mass is 422 g/mol. The molecule has 0 aliphatic rings. The molecule has 0 unspecified atom stereocenters. The molecule has 0 atom stereocenters. The Morgan fingerprint density at radius 1 is 1.10 bits per heavy atom. The van der Waals surface area contributed by atoms with Gasteiger partial charge in [-0.25, -0.2) is 0 Å². The quantitative estimate of drug-likeness (QED) is 0.582. The number of carbonyl (C=O) groups is 2. The van der Waals surface area contributed by atoms with Gasteiger partial charge in [-0.3, -0.25) is 14.3 Å². The van der Waals surface area contributed by atoms with E-state index in [4.69, 9.17) is 11.6 Å². The van der Waals surface area contributed by atoms with E-state index in [0.717, 1.165) is 16.8 Å². The van der Waals surface area contributed by atoms with Crippen molar-refractivity contribution in [2.24, 2.45) is 7.05 Å². The maximum atomic E-state index is 12.6. The van der Waals surface area contributed by atoms with Crippen LogP contribution in [0.3, 0.4) is 0 Å². The van der Waals surface area contributed by atoms with Gasteiger partial charge in [-0.1, -0.05) is 53.6 Å². The summed E-state index contributed by atoms with van der Waals surface area (Å²) in [4.78, 5) is 25.1. The zero-order valence-electron chi connectivity index (χ0n) is 17.1. The summed E-state index contributed by atoms with van der Waals surface area (Å²) in [5, 5.41) is 10.3. The van der Waals surface area contributed by atoms with Crippen LogP contribution in [0.5, 0.6) is 0 Å². The van der Waals surface area contributed by atoms with Gasteiger partial charge in [-0.05, 0) is 37.6 Å². The third-order valence-electron chi connectivity index (χ3n) is 4.60. The van der Waals surface area contributed by atoms with Crippen molar-refractivity contribution in [1.82, 2.24) is 15.1 Å². The molecule has 3 rings (SSSR count). The predicted molar refractivity (Wildman–Crippen MR) is 119 cm³/mol. The number of aromatic nitrogens is 2. The fourth-order valence-electron chi connectivity index (χ4n) is 2.94. The fraction of sp³-hybridized carbons (Fsp3) is 0.174. The molecule has 1 aromatic heterocycles. The lowest BCUT2D eigenvalue weighted by atomic mass is 10.1. The molecule has 2 aromatic carbocycles. The van der Waals surface area contributed by atoms with Crippen molar-refractivity contribution in [3.05, 3.63) is 87.7 Å². The van der Waals surface area contributed by atoms with Gasteiger partial charge in [-0.15, -0.1) is 0 Å². The van der Waals surface area contributed by atoms with Crippen molar-refractivity contribution in [1.29, 1.82) is 0 Å². The number of hydrogen-bond acceptors (Lipinski definition) is 3. The lowest BCUT2D eigenvalue weighted by Gasteiger charge is -2.11. The van der Waals surface area contributed by atoms with E-state index in [2.05, 4.69) is 15.7 Å². The van der Waals surface area contributed by atoms with Crippen LogP contribution in [0.1, 0.15) is 32.7 Å². The molecular formula is C23H23ClN4O2. The number of rotatable bonds is 6. The first kappa shape index (κ1) is 21.3. The molecule has 7 heteroatoms. The molecule has 0 aliphatic carbocycles. The van der Waals surface area contributed by atoms with Crippen LogP contribution in [-0.2, 0) is 18.4 Å². The van der Waals surface area contributed by atoms with Gasteiger partial charge in [0, 0.05) is 25.2 Å². The highest BCUT2D eigenvalue weighted by Gasteiger charge is 2.13. The van der Waals surface area contributed by atoms with Crippen molar-refractivity contribution in [2.75, 3.05) is 5.32 Å². The summed E-state index contributed by atoms with van der Waals surface area (Å²) in [5.74, 6) is -0.630. The molecule has 0 saturated heterocycles. The van der Waals surface area contributed by atoms with Crippen LogP contribution in [0, 0.1) is 13.8 Å². The van der Waals surface area contributed by atoms with E-state index < -0.39 is 0 Å². The topological polar surface area (TPSA) is 76.0 Å². The second-order valence-corrected chi connectivity index (χ2v) is 7.31. The van der Waals surface area contributed by atoms with Crippen LogP contribution in [0.4, 0.5) is 5.69 Å². The lowest BCUT2D eigenvalue weighted by Crippen LogP contribution is -2.24. The van der Waals surface area contributed by atoms with Crippen molar-refractivity contribution in [3.8, 4) is 0 Å². The molecule has 2 N–H and O–H groups in total. The summed E-state index contributed by atoms with van der Waals surface area (Å²) in [6.45, 7) is 4.23. The van der Waals surface area contributed by atoms with Gasteiger partial charge >= 0.3 is 0 Å². The summed E-state index contributed by atoms with van der Waals surface area (Å²) < 4.78 is 1.54. The largest absolute Gasteiger partial charge is 0.348 e. The van der Waals surface area contributed by atoms with Gasteiger partial charge in [-0.2, -0.15) is 5.10 Å². The Bertz CT molecular complexity index is 1100. The number of para-hydroxylation sites is 1. The lowest BCUT2D eigenvalue weighted by molar-refractivity contribution is -0.111. The number of carbonyl (C=O) groups excluding carboxylic acids is 2. The minimum absolute atomic E-state index is 0.262. The first-order chi connectivity index (χ1) is 14.3. The van der Waals surface area contributed by atoms with Crippen molar-refractivity contribution in [3.63, 3.8) is 0 Å². The first-order valence-corrected chi connectivity index (χ1v) is 9.84. The Hall–Kier alpha value is -3.38. The summed E-state index contributed by atoms with van der Waals surface area (Å²) >= 11 is 6.18. The molecule has 1 heterocycles. The Labute approximate surface area is 180 Å². The van der Waals surface area contributed by atoms with E-state index in [1.54, 1.807) is 42.1 Å². The standard InChI is InChI=1S/C23H23ClN4O2/c1-15-8-10-17(11-9-15)14-25-23(30)19-6-4-5-7-20(19)26-21(29)13-12-18-16(2)27-28(3)22(18)24/h4-13H,14H2,1-3H3,(H,25,30)(H,26,29)/b13-12+. The van der Waals surface area contributed by atoms with E-state index in [1.807, 2.05) is 38.1 Å². The van der Waals surface area contributed by atoms with Gasteiger partial charge in [0.05, 0.1) is 16.9 Å².